The van der Waals surface area contributed by atoms with Gasteiger partial charge in [-0.25, -0.2) is 0 Å². The molecule has 0 aliphatic carbocycles. The molecule has 0 fully saturated rings. The fraction of sp³-hybridized carbons (Fsp3) is 0.955. The minimum atomic E-state index is -0.335. The van der Waals surface area contributed by atoms with Crippen LogP contribution >= 0.6 is 0 Å². The summed E-state index contributed by atoms with van der Waals surface area (Å²) >= 11 is 0. The lowest BCUT2D eigenvalue weighted by molar-refractivity contribution is -0.925. The quantitative estimate of drug-likeness (QED) is 0.228. The van der Waals surface area contributed by atoms with Gasteiger partial charge in [0, 0.05) is 26.1 Å². The average molecular weight is 404 g/mol. The van der Waals surface area contributed by atoms with Gasteiger partial charge >= 0.3 is 0 Å². The molecular weight excluding hydrogens is 354 g/mol. The number of amides is 1. The lowest BCUT2D eigenvalue weighted by Crippen LogP contribution is -2.53. The molecule has 4 N–H and O–H groups in total. The van der Waals surface area contributed by atoms with Crippen LogP contribution in [0.1, 0.15) is 85.5 Å². The van der Waals surface area contributed by atoms with Gasteiger partial charge in [0.25, 0.3) is 0 Å². The van der Waals surface area contributed by atoms with E-state index in [0.717, 1.165) is 43.5 Å². The molecule has 0 aliphatic rings. The van der Waals surface area contributed by atoms with Crippen molar-refractivity contribution in [1.29, 1.82) is 0 Å². The third-order valence-electron chi connectivity index (χ3n) is 5.87. The molecule has 0 spiro atoms. The van der Waals surface area contributed by atoms with E-state index >= 15 is 0 Å². The highest BCUT2D eigenvalue weighted by atomic mass is 16.3. The lowest BCUT2D eigenvalue weighted by Gasteiger charge is -2.37. The maximum absolute atomic E-state index is 11.8. The zero-order chi connectivity index (χ0) is 20.4. The number of hydrogen-bond acceptors (Lipinski definition) is 4. The van der Waals surface area contributed by atoms with Gasteiger partial charge in [0.2, 0.25) is 5.91 Å². The van der Waals surface area contributed by atoms with Crippen molar-refractivity contribution in [2.75, 3.05) is 45.8 Å². The van der Waals surface area contributed by atoms with Crippen LogP contribution < -0.4 is 10.6 Å². The molecule has 170 valence electrons. The Hall–Kier alpha value is -0.690. The Morgan fingerprint density at radius 3 is 1.93 bits per heavy atom. The van der Waals surface area contributed by atoms with Crippen molar-refractivity contribution in [1.82, 2.24) is 10.6 Å². The SMILES string of the molecule is CCCCCCCCCCC(=O)NCCNCC(O)C[N+](CC)(CC)CC.[OH-]. The van der Waals surface area contributed by atoms with Crippen molar-refractivity contribution < 1.29 is 19.9 Å². The normalized spacial score (nSPS) is 12.5. The topological polar surface area (TPSA) is 91.4 Å². The van der Waals surface area contributed by atoms with Crippen molar-refractivity contribution >= 4 is 5.91 Å². The fourth-order valence-corrected chi connectivity index (χ4v) is 3.64. The number of carbonyl (C=O) groups excluding carboxylic acids is 1. The molecule has 1 unspecified atom stereocenters. The van der Waals surface area contributed by atoms with Crippen LogP contribution in [0.2, 0.25) is 0 Å². The molecule has 1 amide bonds. The Morgan fingerprint density at radius 2 is 1.39 bits per heavy atom. The molecule has 0 aromatic carbocycles. The first kappa shape index (κ1) is 29.5. The van der Waals surface area contributed by atoms with Crippen LogP contribution in [0.5, 0.6) is 0 Å². The van der Waals surface area contributed by atoms with E-state index in [1.165, 1.54) is 38.5 Å². The van der Waals surface area contributed by atoms with Gasteiger partial charge in [-0.05, 0) is 27.2 Å². The zero-order valence-electron chi connectivity index (χ0n) is 19.1. The van der Waals surface area contributed by atoms with Gasteiger partial charge < -0.3 is 25.7 Å². The monoisotopic (exact) mass is 403 g/mol. The number of rotatable bonds is 19. The van der Waals surface area contributed by atoms with Gasteiger partial charge in [-0.15, -0.1) is 0 Å². The van der Waals surface area contributed by atoms with Crippen LogP contribution in [0.25, 0.3) is 0 Å². The van der Waals surface area contributed by atoms with Crippen molar-refractivity contribution in [2.45, 2.75) is 91.6 Å². The Morgan fingerprint density at radius 1 is 0.857 bits per heavy atom. The Labute approximate surface area is 174 Å². The van der Waals surface area contributed by atoms with Crippen LogP contribution in [0.4, 0.5) is 0 Å². The minimum absolute atomic E-state index is 0. The number of quaternary nitrogens is 1. The fourth-order valence-electron chi connectivity index (χ4n) is 3.64. The highest BCUT2D eigenvalue weighted by molar-refractivity contribution is 5.75. The van der Waals surface area contributed by atoms with E-state index in [1.807, 2.05) is 0 Å². The minimum Gasteiger partial charge on any atom is -0.870 e. The molecule has 0 bridgehead atoms. The van der Waals surface area contributed by atoms with Crippen LogP contribution in [-0.4, -0.2) is 72.9 Å². The molecule has 0 aromatic rings. The molecule has 0 aliphatic heterocycles. The number of unbranched alkanes of at least 4 members (excludes halogenated alkanes) is 7. The number of carbonyl (C=O) groups is 1. The summed E-state index contributed by atoms with van der Waals surface area (Å²) in [5.74, 6) is 0.155. The first-order valence-electron chi connectivity index (χ1n) is 11.5. The zero-order valence-corrected chi connectivity index (χ0v) is 19.1. The first-order valence-corrected chi connectivity index (χ1v) is 11.5. The summed E-state index contributed by atoms with van der Waals surface area (Å²) in [6, 6.07) is 0. The number of hydrogen-bond donors (Lipinski definition) is 3. The number of aliphatic hydroxyl groups is 1. The van der Waals surface area contributed by atoms with E-state index in [-0.39, 0.29) is 17.5 Å². The van der Waals surface area contributed by atoms with E-state index in [1.54, 1.807) is 0 Å². The number of nitrogens with one attached hydrogen (secondary N) is 2. The molecule has 1 atom stereocenters. The summed E-state index contributed by atoms with van der Waals surface area (Å²) in [7, 11) is 0. The maximum Gasteiger partial charge on any atom is 0.220 e. The molecule has 0 rings (SSSR count). The molecular formula is C22H49N3O3. The van der Waals surface area contributed by atoms with Crippen LogP contribution in [0, 0.1) is 0 Å². The largest absolute Gasteiger partial charge is 0.870 e. The molecule has 6 heteroatoms. The summed E-state index contributed by atoms with van der Waals surface area (Å²) in [5, 5.41) is 16.5. The highest BCUT2D eigenvalue weighted by Crippen LogP contribution is 2.09. The van der Waals surface area contributed by atoms with E-state index < -0.39 is 0 Å². The second-order valence-corrected chi connectivity index (χ2v) is 7.91. The summed E-state index contributed by atoms with van der Waals surface area (Å²) in [6.07, 6.45) is 10.4. The van der Waals surface area contributed by atoms with E-state index in [0.29, 0.717) is 26.1 Å². The van der Waals surface area contributed by atoms with Crippen molar-refractivity contribution in [2.24, 2.45) is 0 Å². The predicted molar refractivity (Wildman–Crippen MR) is 118 cm³/mol. The summed E-state index contributed by atoms with van der Waals surface area (Å²) in [6.45, 7) is 14.7. The standard InChI is InChI=1S/C22H47N3O2.H2O/c1-5-9-10-11-12-13-14-15-16-22(27)24-18-17-23-19-21(26)20-25(6-2,7-3)8-4;/h21,23,26H,5-20H2,1-4H3;1H2. The Bertz CT molecular complexity index is 342. The van der Waals surface area contributed by atoms with Crippen molar-refractivity contribution in [3.63, 3.8) is 0 Å². The van der Waals surface area contributed by atoms with E-state index in [4.69, 9.17) is 0 Å². The maximum atomic E-state index is 11.8. The number of nitrogens with zero attached hydrogens (tertiary/aromatic N) is 1. The van der Waals surface area contributed by atoms with Gasteiger partial charge in [0.05, 0.1) is 19.6 Å². The third kappa shape index (κ3) is 15.3. The molecule has 0 radical (unpaired) electrons. The van der Waals surface area contributed by atoms with Crippen molar-refractivity contribution in [3.8, 4) is 0 Å². The first-order chi connectivity index (χ1) is 13.0. The summed E-state index contributed by atoms with van der Waals surface area (Å²) < 4.78 is 0.957. The number of likely N-dealkylation sites (N-methyl/N-ethyl adjacent to an activating group) is 1. The molecule has 0 saturated carbocycles. The van der Waals surface area contributed by atoms with Crippen molar-refractivity contribution in [3.05, 3.63) is 0 Å². The second-order valence-electron chi connectivity index (χ2n) is 7.91. The van der Waals surface area contributed by atoms with Gasteiger partial charge in [-0.1, -0.05) is 51.9 Å². The molecule has 28 heavy (non-hydrogen) atoms. The number of aliphatic hydroxyl groups excluding tert-OH is 1. The Kier molecular flexibility index (Phi) is 20.7. The average Bonchev–Trinajstić information content (AvgIpc) is 2.68. The molecule has 0 heterocycles. The van der Waals surface area contributed by atoms with Gasteiger partial charge in [-0.3, -0.25) is 4.79 Å². The summed E-state index contributed by atoms with van der Waals surface area (Å²) in [5.41, 5.74) is 0. The lowest BCUT2D eigenvalue weighted by atomic mass is 10.1. The molecule has 6 nitrogen and oxygen atoms in total. The molecule has 0 aromatic heterocycles. The van der Waals surface area contributed by atoms with Crippen LogP contribution in [0.15, 0.2) is 0 Å². The van der Waals surface area contributed by atoms with E-state index in [2.05, 4.69) is 38.3 Å². The Balaban J connectivity index is 0. The second kappa shape index (κ2) is 19.6. The smallest absolute Gasteiger partial charge is 0.220 e. The molecule has 0 saturated heterocycles. The van der Waals surface area contributed by atoms with Gasteiger partial charge in [0.15, 0.2) is 0 Å². The summed E-state index contributed by atoms with van der Waals surface area (Å²) in [4.78, 5) is 11.8. The predicted octanol–water partition coefficient (Wildman–Crippen LogP) is 3.28. The highest BCUT2D eigenvalue weighted by Gasteiger charge is 2.24. The van der Waals surface area contributed by atoms with Gasteiger partial charge in [0.1, 0.15) is 12.6 Å². The van der Waals surface area contributed by atoms with Gasteiger partial charge in [-0.2, -0.15) is 0 Å². The van der Waals surface area contributed by atoms with Crippen LogP contribution in [-0.2, 0) is 4.79 Å². The van der Waals surface area contributed by atoms with Crippen LogP contribution in [0.3, 0.4) is 0 Å². The van der Waals surface area contributed by atoms with E-state index in [9.17, 15) is 9.90 Å². The third-order valence-corrected chi connectivity index (χ3v) is 5.87.